The molecule has 1 amide bonds. The van der Waals surface area contributed by atoms with Crippen LogP contribution in [0.2, 0.25) is 0 Å². The summed E-state index contributed by atoms with van der Waals surface area (Å²) in [5, 5.41) is 5.99. The number of nitrogens with one attached hydrogen (secondary N) is 1. The summed E-state index contributed by atoms with van der Waals surface area (Å²) in [5.74, 6) is -0.0623. The number of thiazole rings is 1. The summed E-state index contributed by atoms with van der Waals surface area (Å²) >= 11 is 1.61. The Kier molecular flexibility index (Phi) is 4.86. The number of hydrogen-bond acceptors (Lipinski definition) is 4. The lowest BCUT2D eigenvalue weighted by Crippen LogP contribution is -2.36. The number of amides is 1. The highest BCUT2D eigenvalue weighted by atomic mass is 32.1. The average molecular weight is 366 g/mol. The molecule has 1 aliphatic heterocycles. The zero-order valence-corrected chi connectivity index (χ0v) is 15.6. The zero-order valence-electron chi connectivity index (χ0n) is 14.8. The number of rotatable bonds is 5. The Labute approximate surface area is 157 Å². The fourth-order valence-electron chi connectivity index (χ4n) is 3.40. The van der Waals surface area contributed by atoms with Crippen molar-refractivity contribution in [1.29, 1.82) is 0 Å². The van der Waals surface area contributed by atoms with Crippen LogP contribution in [0.3, 0.4) is 0 Å². The van der Waals surface area contributed by atoms with Crippen LogP contribution in [-0.4, -0.2) is 26.9 Å². The fourth-order valence-corrected chi connectivity index (χ4v) is 4.13. The van der Waals surface area contributed by atoms with E-state index in [-0.39, 0.29) is 5.91 Å². The summed E-state index contributed by atoms with van der Waals surface area (Å²) in [4.78, 5) is 19.3. The fraction of sp³-hybridized carbons (Fsp3) is 0.300. The van der Waals surface area contributed by atoms with Crippen molar-refractivity contribution < 1.29 is 4.79 Å². The molecule has 1 N–H and O–H groups in total. The van der Waals surface area contributed by atoms with Crippen molar-refractivity contribution in [2.75, 3.05) is 6.54 Å². The molecule has 0 bridgehead atoms. The molecule has 6 heteroatoms. The number of nitrogens with zero attached hydrogens (tertiary/aromatic N) is 3. The molecule has 0 saturated carbocycles. The van der Waals surface area contributed by atoms with E-state index in [2.05, 4.69) is 45.4 Å². The van der Waals surface area contributed by atoms with E-state index in [0.29, 0.717) is 18.2 Å². The molecule has 0 aliphatic carbocycles. The highest BCUT2D eigenvalue weighted by Crippen LogP contribution is 2.27. The standard InChI is InChI=1S/C20H22N4OS/c1-15-18-8-5-9-23(18)10-11-24(15)13-17-14-26-19(22-17)12-21-20(25)16-6-3-2-4-7-16/h2-9,14-15H,10-13H2,1H3,(H,21,25). The van der Waals surface area contributed by atoms with Crippen LogP contribution in [0.25, 0.3) is 0 Å². The van der Waals surface area contributed by atoms with Gasteiger partial charge in [-0.15, -0.1) is 11.3 Å². The van der Waals surface area contributed by atoms with E-state index in [9.17, 15) is 4.79 Å². The molecule has 134 valence electrons. The van der Waals surface area contributed by atoms with Gasteiger partial charge in [0.2, 0.25) is 0 Å². The smallest absolute Gasteiger partial charge is 0.251 e. The van der Waals surface area contributed by atoms with Gasteiger partial charge in [0.15, 0.2) is 0 Å². The molecule has 0 saturated heterocycles. The van der Waals surface area contributed by atoms with Crippen molar-refractivity contribution >= 4 is 17.2 Å². The van der Waals surface area contributed by atoms with Gasteiger partial charge in [0.05, 0.1) is 12.2 Å². The predicted molar refractivity (Wildman–Crippen MR) is 103 cm³/mol. The lowest BCUT2D eigenvalue weighted by atomic mass is 10.1. The second kappa shape index (κ2) is 7.43. The second-order valence-electron chi connectivity index (χ2n) is 6.55. The number of hydrogen-bond donors (Lipinski definition) is 1. The molecular weight excluding hydrogens is 344 g/mol. The number of carbonyl (C=O) groups is 1. The summed E-state index contributed by atoms with van der Waals surface area (Å²) < 4.78 is 2.33. The van der Waals surface area contributed by atoms with Crippen molar-refractivity contribution in [1.82, 2.24) is 19.8 Å². The number of aromatic nitrogens is 2. The summed E-state index contributed by atoms with van der Waals surface area (Å²) in [7, 11) is 0. The van der Waals surface area contributed by atoms with Gasteiger partial charge in [-0.1, -0.05) is 18.2 Å². The van der Waals surface area contributed by atoms with Crippen LogP contribution in [0.1, 0.15) is 39.7 Å². The van der Waals surface area contributed by atoms with Crippen LogP contribution in [0.5, 0.6) is 0 Å². The predicted octanol–water partition coefficient (Wildman–Crippen LogP) is 3.45. The minimum atomic E-state index is -0.0623. The normalized spacial score (nSPS) is 17.0. The lowest BCUT2D eigenvalue weighted by Gasteiger charge is -2.34. The van der Waals surface area contributed by atoms with Gasteiger partial charge >= 0.3 is 0 Å². The van der Waals surface area contributed by atoms with Gasteiger partial charge in [0.1, 0.15) is 5.01 Å². The van der Waals surface area contributed by atoms with Crippen molar-refractivity contribution in [3.8, 4) is 0 Å². The number of fused-ring (bicyclic) bond motifs is 1. The topological polar surface area (TPSA) is 50.2 Å². The highest BCUT2D eigenvalue weighted by Gasteiger charge is 2.24. The van der Waals surface area contributed by atoms with Crippen LogP contribution in [0.4, 0.5) is 0 Å². The van der Waals surface area contributed by atoms with Crippen LogP contribution in [-0.2, 0) is 19.6 Å². The van der Waals surface area contributed by atoms with E-state index in [0.717, 1.165) is 30.3 Å². The maximum absolute atomic E-state index is 12.1. The Morgan fingerprint density at radius 2 is 2.08 bits per heavy atom. The van der Waals surface area contributed by atoms with Crippen molar-refractivity contribution in [3.63, 3.8) is 0 Å². The third kappa shape index (κ3) is 3.57. The lowest BCUT2D eigenvalue weighted by molar-refractivity contribution is 0.0951. The summed E-state index contributed by atoms with van der Waals surface area (Å²) in [6, 6.07) is 14.0. The Morgan fingerprint density at radius 3 is 2.92 bits per heavy atom. The quantitative estimate of drug-likeness (QED) is 0.752. The molecule has 1 aromatic carbocycles. The molecule has 0 spiro atoms. The molecule has 0 radical (unpaired) electrons. The van der Waals surface area contributed by atoms with Gasteiger partial charge in [0, 0.05) is 48.5 Å². The van der Waals surface area contributed by atoms with Crippen molar-refractivity contribution in [2.24, 2.45) is 0 Å². The molecule has 1 unspecified atom stereocenters. The SMILES string of the molecule is CC1c2cccn2CCN1Cc1csc(CNC(=O)c2ccccc2)n1. The van der Waals surface area contributed by atoms with Crippen LogP contribution in [0, 0.1) is 0 Å². The van der Waals surface area contributed by atoms with E-state index >= 15 is 0 Å². The van der Waals surface area contributed by atoms with Crippen LogP contribution in [0.15, 0.2) is 54.0 Å². The first kappa shape index (κ1) is 17.0. The maximum atomic E-state index is 12.1. The molecule has 4 rings (SSSR count). The van der Waals surface area contributed by atoms with Gasteiger partial charge in [-0.25, -0.2) is 4.98 Å². The molecule has 1 aliphatic rings. The Balaban J connectivity index is 1.34. The first-order chi connectivity index (χ1) is 12.7. The van der Waals surface area contributed by atoms with E-state index < -0.39 is 0 Å². The van der Waals surface area contributed by atoms with E-state index in [1.807, 2.05) is 30.3 Å². The first-order valence-corrected chi connectivity index (χ1v) is 9.74. The highest BCUT2D eigenvalue weighted by molar-refractivity contribution is 7.09. The number of carbonyl (C=O) groups excluding carboxylic acids is 1. The van der Waals surface area contributed by atoms with E-state index in [1.165, 1.54) is 5.69 Å². The Hall–Kier alpha value is -2.44. The third-order valence-corrected chi connectivity index (χ3v) is 5.77. The number of benzene rings is 1. The summed E-state index contributed by atoms with van der Waals surface area (Å²) in [5.41, 5.74) is 3.11. The minimum Gasteiger partial charge on any atom is -0.349 e. The molecule has 1 atom stereocenters. The van der Waals surface area contributed by atoms with Crippen LogP contribution < -0.4 is 5.32 Å². The summed E-state index contributed by atoms with van der Waals surface area (Å²) in [6.07, 6.45) is 2.15. The van der Waals surface area contributed by atoms with E-state index in [1.54, 1.807) is 11.3 Å². The molecule has 2 aromatic heterocycles. The third-order valence-electron chi connectivity index (χ3n) is 4.87. The Bertz CT molecular complexity index is 886. The van der Waals surface area contributed by atoms with Crippen molar-refractivity contribution in [3.05, 3.63) is 76.0 Å². The first-order valence-electron chi connectivity index (χ1n) is 8.86. The van der Waals surface area contributed by atoms with Crippen LogP contribution >= 0.6 is 11.3 Å². The van der Waals surface area contributed by atoms with Gasteiger partial charge in [0.25, 0.3) is 5.91 Å². The van der Waals surface area contributed by atoms with Gasteiger partial charge in [-0.3, -0.25) is 9.69 Å². The Morgan fingerprint density at radius 1 is 1.23 bits per heavy atom. The molecular formula is C20H22N4OS. The summed E-state index contributed by atoms with van der Waals surface area (Å²) in [6.45, 7) is 5.61. The monoisotopic (exact) mass is 366 g/mol. The second-order valence-corrected chi connectivity index (χ2v) is 7.50. The van der Waals surface area contributed by atoms with Gasteiger partial charge in [-0.05, 0) is 31.2 Å². The molecule has 0 fully saturated rings. The van der Waals surface area contributed by atoms with E-state index in [4.69, 9.17) is 4.98 Å². The minimum absolute atomic E-state index is 0.0623. The van der Waals surface area contributed by atoms with Gasteiger partial charge in [-0.2, -0.15) is 0 Å². The zero-order chi connectivity index (χ0) is 17.9. The maximum Gasteiger partial charge on any atom is 0.251 e. The average Bonchev–Trinajstić information content (AvgIpc) is 3.32. The largest absolute Gasteiger partial charge is 0.349 e. The molecule has 5 nitrogen and oxygen atoms in total. The molecule has 3 heterocycles. The molecule has 3 aromatic rings. The molecule has 26 heavy (non-hydrogen) atoms. The van der Waals surface area contributed by atoms with Crippen molar-refractivity contribution in [2.45, 2.75) is 32.6 Å². The van der Waals surface area contributed by atoms with Gasteiger partial charge < -0.3 is 9.88 Å².